The molecule has 4 heteroatoms. The standard InChI is InChI=1S/C11H12O4/c1-3-14-11(13)15-10-7-5-4-6-9(10)8(2)12/h4-7H,3H2,1-2H3. The maximum Gasteiger partial charge on any atom is 0.513 e. The lowest BCUT2D eigenvalue weighted by Gasteiger charge is -2.06. The SMILES string of the molecule is CCOC(=O)Oc1ccccc1C(C)=O. The number of para-hydroxylation sites is 1. The molecule has 1 rings (SSSR count). The van der Waals surface area contributed by atoms with Crippen LogP contribution in [0.2, 0.25) is 0 Å². The van der Waals surface area contributed by atoms with Crippen LogP contribution in [0.25, 0.3) is 0 Å². The van der Waals surface area contributed by atoms with Gasteiger partial charge in [0.2, 0.25) is 0 Å². The number of hydrogen-bond acceptors (Lipinski definition) is 4. The van der Waals surface area contributed by atoms with Crippen LogP contribution in [-0.2, 0) is 4.74 Å². The van der Waals surface area contributed by atoms with Crippen LogP contribution in [0.1, 0.15) is 24.2 Å². The highest BCUT2D eigenvalue weighted by atomic mass is 16.7. The van der Waals surface area contributed by atoms with Crippen LogP contribution in [0.4, 0.5) is 4.79 Å². The smallest absolute Gasteiger partial charge is 0.434 e. The Hall–Kier alpha value is -1.84. The fraction of sp³-hybridized carbons (Fsp3) is 0.273. The van der Waals surface area contributed by atoms with Gasteiger partial charge >= 0.3 is 6.16 Å². The van der Waals surface area contributed by atoms with Crippen molar-refractivity contribution in [3.63, 3.8) is 0 Å². The molecule has 0 heterocycles. The summed E-state index contributed by atoms with van der Waals surface area (Å²) < 4.78 is 9.47. The number of benzene rings is 1. The highest BCUT2D eigenvalue weighted by Gasteiger charge is 2.11. The van der Waals surface area contributed by atoms with E-state index >= 15 is 0 Å². The first kappa shape index (κ1) is 11.2. The number of hydrogen-bond donors (Lipinski definition) is 0. The van der Waals surface area contributed by atoms with Crippen molar-refractivity contribution < 1.29 is 19.1 Å². The minimum atomic E-state index is -0.800. The minimum absolute atomic E-state index is 0.158. The van der Waals surface area contributed by atoms with Gasteiger partial charge in [0.05, 0.1) is 12.2 Å². The van der Waals surface area contributed by atoms with Crippen molar-refractivity contribution in [2.75, 3.05) is 6.61 Å². The molecular formula is C11H12O4. The molecule has 0 fully saturated rings. The molecule has 0 radical (unpaired) electrons. The zero-order valence-corrected chi connectivity index (χ0v) is 8.65. The Morgan fingerprint density at radius 1 is 1.27 bits per heavy atom. The molecule has 1 aromatic rings. The number of carbonyl (C=O) groups is 2. The van der Waals surface area contributed by atoms with Crippen LogP contribution in [0.15, 0.2) is 24.3 Å². The van der Waals surface area contributed by atoms with E-state index < -0.39 is 6.16 Å². The molecule has 0 aromatic heterocycles. The van der Waals surface area contributed by atoms with Crippen LogP contribution in [0.3, 0.4) is 0 Å². The number of carbonyl (C=O) groups excluding carboxylic acids is 2. The van der Waals surface area contributed by atoms with E-state index in [4.69, 9.17) is 4.74 Å². The van der Waals surface area contributed by atoms with E-state index in [0.29, 0.717) is 5.56 Å². The van der Waals surface area contributed by atoms with Crippen molar-refractivity contribution in [2.24, 2.45) is 0 Å². The molecule has 0 amide bonds. The second-order valence-electron chi connectivity index (χ2n) is 2.84. The zero-order chi connectivity index (χ0) is 11.3. The first-order valence-electron chi connectivity index (χ1n) is 4.59. The summed E-state index contributed by atoms with van der Waals surface area (Å²) >= 11 is 0. The summed E-state index contributed by atoms with van der Waals surface area (Å²) in [6.07, 6.45) is -0.800. The maximum atomic E-state index is 11.2. The largest absolute Gasteiger partial charge is 0.513 e. The Bertz CT molecular complexity index is 371. The number of ketones is 1. The van der Waals surface area contributed by atoms with Gasteiger partial charge in [-0.05, 0) is 26.0 Å². The number of Topliss-reactive ketones (excluding diaryl/α,β-unsaturated/α-hetero) is 1. The molecule has 4 nitrogen and oxygen atoms in total. The zero-order valence-electron chi connectivity index (χ0n) is 8.65. The van der Waals surface area contributed by atoms with Crippen molar-refractivity contribution >= 4 is 11.9 Å². The van der Waals surface area contributed by atoms with Crippen molar-refractivity contribution in [1.82, 2.24) is 0 Å². The van der Waals surface area contributed by atoms with Gasteiger partial charge in [-0.15, -0.1) is 0 Å². The second-order valence-corrected chi connectivity index (χ2v) is 2.84. The summed E-state index contributed by atoms with van der Waals surface area (Å²) in [6.45, 7) is 3.33. The third-order valence-electron chi connectivity index (χ3n) is 1.72. The van der Waals surface area contributed by atoms with Gasteiger partial charge in [0, 0.05) is 0 Å². The fourth-order valence-electron chi connectivity index (χ4n) is 1.08. The molecule has 0 aliphatic carbocycles. The highest BCUT2D eigenvalue weighted by Crippen LogP contribution is 2.18. The van der Waals surface area contributed by atoms with Gasteiger partial charge in [-0.2, -0.15) is 0 Å². The molecule has 0 unspecified atom stereocenters. The average Bonchev–Trinajstić information content (AvgIpc) is 2.18. The molecule has 1 aromatic carbocycles. The number of ether oxygens (including phenoxy) is 2. The predicted molar refractivity (Wildman–Crippen MR) is 54.1 cm³/mol. The average molecular weight is 208 g/mol. The first-order valence-corrected chi connectivity index (χ1v) is 4.59. The van der Waals surface area contributed by atoms with E-state index in [0.717, 1.165) is 0 Å². The molecular weight excluding hydrogens is 196 g/mol. The molecule has 0 atom stereocenters. The van der Waals surface area contributed by atoms with E-state index in [-0.39, 0.29) is 18.1 Å². The predicted octanol–water partition coefficient (Wildman–Crippen LogP) is 2.42. The summed E-state index contributed by atoms with van der Waals surface area (Å²) in [5, 5.41) is 0. The molecule has 0 aliphatic rings. The van der Waals surface area contributed by atoms with E-state index in [1.165, 1.54) is 6.92 Å². The Morgan fingerprint density at radius 3 is 2.53 bits per heavy atom. The quantitative estimate of drug-likeness (QED) is 0.435. The van der Waals surface area contributed by atoms with E-state index in [1.54, 1.807) is 31.2 Å². The van der Waals surface area contributed by atoms with Crippen LogP contribution >= 0.6 is 0 Å². The normalized spacial score (nSPS) is 9.47. The van der Waals surface area contributed by atoms with Gasteiger partial charge in [-0.3, -0.25) is 4.79 Å². The van der Waals surface area contributed by atoms with Gasteiger partial charge in [0.1, 0.15) is 5.75 Å². The van der Waals surface area contributed by atoms with Gasteiger partial charge < -0.3 is 9.47 Å². The lowest BCUT2D eigenvalue weighted by Crippen LogP contribution is -2.12. The maximum absolute atomic E-state index is 11.2. The first-order chi connectivity index (χ1) is 7.15. The molecule has 0 saturated carbocycles. The Labute approximate surface area is 87.8 Å². The summed E-state index contributed by atoms with van der Waals surface area (Å²) in [6, 6.07) is 6.53. The summed E-state index contributed by atoms with van der Waals surface area (Å²) in [4.78, 5) is 22.2. The second kappa shape index (κ2) is 5.14. The van der Waals surface area contributed by atoms with Gasteiger partial charge in [0.15, 0.2) is 5.78 Å². The van der Waals surface area contributed by atoms with Gasteiger partial charge in [-0.25, -0.2) is 4.79 Å². The molecule has 0 saturated heterocycles. The van der Waals surface area contributed by atoms with Crippen LogP contribution in [-0.4, -0.2) is 18.5 Å². The minimum Gasteiger partial charge on any atom is -0.434 e. The Morgan fingerprint density at radius 2 is 1.93 bits per heavy atom. The van der Waals surface area contributed by atoms with E-state index in [1.807, 2.05) is 0 Å². The van der Waals surface area contributed by atoms with Crippen LogP contribution in [0.5, 0.6) is 5.75 Å². The lowest BCUT2D eigenvalue weighted by atomic mass is 10.1. The summed E-state index contributed by atoms with van der Waals surface area (Å²) in [5.41, 5.74) is 0.366. The molecule has 0 spiro atoms. The molecule has 15 heavy (non-hydrogen) atoms. The van der Waals surface area contributed by atoms with Gasteiger partial charge in [-0.1, -0.05) is 12.1 Å². The fourth-order valence-corrected chi connectivity index (χ4v) is 1.08. The van der Waals surface area contributed by atoms with E-state index in [9.17, 15) is 9.59 Å². The third-order valence-corrected chi connectivity index (χ3v) is 1.72. The van der Waals surface area contributed by atoms with Crippen LogP contribution in [0, 0.1) is 0 Å². The van der Waals surface area contributed by atoms with Crippen LogP contribution < -0.4 is 4.74 Å². The van der Waals surface area contributed by atoms with Crippen molar-refractivity contribution in [2.45, 2.75) is 13.8 Å². The lowest BCUT2D eigenvalue weighted by molar-refractivity contribution is 0.0988. The van der Waals surface area contributed by atoms with Gasteiger partial charge in [0.25, 0.3) is 0 Å². The molecule has 0 N–H and O–H groups in total. The summed E-state index contributed by atoms with van der Waals surface area (Å²) in [7, 11) is 0. The number of rotatable bonds is 3. The van der Waals surface area contributed by atoms with Crippen molar-refractivity contribution in [3.8, 4) is 5.75 Å². The Kier molecular flexibility index (Phi) is 3.85. The Balaban J connectivity index is 2.84. The van der Waals surface area contributed by atoms with Crippen molar-refractivity contribution in [1.29, 1.82) is 0 Å². The summed E-state index contributed by atoms with van der Waals surface area (Å²) in [5.74, 6) is 0.0679. The third kappa shape index (κ3) is 3.09. The monoisotopic (exact) mass is 208 g/mol. The topological polar surface area (TPSA) is 52.6 Å². The highest BCUT2D eigenvalue weighted by molar-refractivity contribution is 5.97. The molecule has 0 bridgehead atoms. The van der Waals surface area contributed by atoms with E-state index in [2.05, 4.69) is 4.74 Å². The van der Waals surface area contributed by atoms with Crippen molar-refractivity contribution in [3.05, 3.63) is 29.8 Å². The molecule has 80 valence electrons. The molecule has 0 aliphatic heterocycles.